The quantitative estimate of drug-likeness (QED) is 0.171. The summed E-state index contributed by atoms with van der Waals surface area (Å²) >= 11 is 5.94. The molecule has 1 heterocycles. The third kappa shape index (κ3) is 5.41. The predicted molar refractivity (Wildman–Crippen MR) is 130 cm³/mol. The van der Waals surface area contributed by atoms with Gasteiger partial charge >= 0.3 is 12.1 Å². The monoisotopic (exact) mass is 553 g/mol. The molecule has 7 nitrogen and oxygen atoms in total. The van der Waals surface area contributed by atoms with Gasteiger partial charge in [-0.15, -0.1) is 0 Å². The maximum Gasteiger partial charge on any atom is 0.491 e. The number of benzene rings is 3. The SMILES string of the molecule is NC1=C=CCNc2c1ccc(-c1ccc(NS(=O)(=O)c3ccccc3Cl)c(OC(=O)C(F)(F)F)c1)c2F. The van der Waals surface area contributed by atoms with Crippen LogP contribution in [0.4, 0.5) is 28.9 Å². The molecule has 4 N–H and O–H groups in total. The molecule has 0 aliphatic carbocycles. The number of halogens is 5. The van der Waals surface area contributed by atoms with E-state index >= 15 is 4.39 Å². The highest BCUT2D eigenvalue weighted by molar-refractivity contribution is 7.92. The van der Waals surface area contributed by atoms with E-state index in [1.807, 2.05) is 0 Å². The molecule has 0 spiro atoms. The van der Waals surface area contributed by atoms with Gasteiger partial charge in [0.05, 0.1) is 22.1 Å². The van der Waals surface area contributed by atoms with Gasteiger partial charge in [-0.3, -0.25) is 4.72 Å². The van der Waals surface area contributed by atoms with E-state index in [9.17, 15) is 26.4 Å². The molecule has 1 aliphatic rings. The Hall–Kier alpha value is -3.99. The number of carbonyl (C=O) groups excluding carboxylic acids is 1. The van der Waals surface area contributed by atoms with Crippen LogP contribution in [0.2, 0.25) is 5.02 Å². The normalized spacial score (nSPS) is 13.2. The molecule has 13 heteroatoms. The van der Waals surface area contributed by atoms with Crippen LogP contribution in [-0.2, 0) is 14.8 Å². The van der Waals surface area contributed by atoms with Crippen molar-refractivity contribution in [1.29, 1.82) is 0 Å². The van der Waals surface area contributed by atoms with Gasteiger partial charge in [-0.05, 0) is 42.0 Å². The number of anilines is 2. The van der Waals surface area contributed by atoms with E-state index in [0.717, 1.165) is 12.1 Å². The lowest BCUT2D eigenvalue weighted by molar-refractivity contribution is -0.189. The Labute approximate surface area is 213 Å². The van der Waals surface area contributed by atoms with Crippen LogP contribution in [0.1, 0.15) is 5.56 Å². The fourth-order valence-electron chi connectivity index (χ4n) is 3.47. The molecule has 0 amide bonds. The Balaban J connectivity index is 1.81. The van der Waals surface area contributed by atoms with Crippen LogP contribution in [0.15, 0.2) is 71.3 Å². The number of alkyl halides is 3. The Morgan fingerprint density at radius 1 is 1.11 bits per heavy atom. The Bertz CT molecular complexity index is 1580. The largest absolute Gasteiger partial charge is 0.491 e. The van der Waals surface area contributed by atoms with Crippen LogP contribution >= 0.6 is 11.6 Å². The second-order valence-corrected chi connectivity index (χ2v) is 9.68. The summed E-state index contributed by atoms with van der Waals surface area (Å²) in [6, 6.07) is 11.4. The molecule has 0 saturated heterocycles. The first-order chi connectivity index (χ1) is 17.4. The highest BCUT2D eigenvalue weighted by atomic mass is 35.5. The molecule has 37 heavy (non-hydrogen) atoms. The fourth-order valence-corrected chi connectivity index (χ4v) is 5.06. The smallest absolute Gasteiger partial charge is 0.418 e. The number of ether oxygens (including phenoxy) is 1. The van der Waals surface area contributed by atoms with Gasteiger partial charge in [-0.1, -0.05) is 41.6 Å². The minimum atomic E-state index is -5.38. The lowest BCUT2D eigenvalue weighted by Crippen LogP contribution is -2.28. The van der Waals surface area contributed by atoms with Crippen LogP contribution in [0, 0.1) is 5.82 Å². The van der Waals surface area contributed by atoms with Crippen molar-refractivity contribution in [2.24, 2.45) is 5.73 Å². The molecule has 4 rings (SSSR count). The number of hydrogen-bond donors (Lipinski definition) is 3. The summed E-state index contributed by atoms with van der Waals surface area (Å²) in [6.07, 6.45) is -3.83. The first-order valence-corrected chi connectivity index (χ1v) is 12.2. The van der Waals surface area contributed by atoms with Gasteiger partial charge in [0.1, 0.15) is 4.90 Å². The standard InChI is InChI=1S/C24H16ClF4N3O4S/c25-16-4-1-2-6-20(16)37(34,35)32-18-10-7-13(12-19(18)36-23(33)24(27,28)29)14-8-9-15-17(30)5-3-11-31-22(15)21(14)26/h1-4,6-10,12,31-32H,11,30H2. The maximum atomic E-state index is 15.4. The molecule has 1 aliphatic heterocycles. The fraction of sp³-hybridized carbons (Fsp3) is 0.0833. The Kier molecular flexibility index (Phi) is 6.92. The zero-order chi connectivity index (χ0) is 27.0. The molecule has 0 aromatic heterocycles. The molecule has 0 unspecified atom stereocenters. The number of esters is 1. The molecule has 0 atom stereocenters. The predicted octanol–water partition coefficient (Wildman–Crippen LogP) is 5.29. The average Bonchev–Trinajstić information content (AvgIpc) is 3.02. The number of nitrogens with one attached hydrogen (secondary N) is 2. The van der Waals surface area contributed by atoms with Gasteiger partial charge in [0.15, 0.2) is 11.6 Å². The summed E-state index contributed by atoms with van der Waals surface area (Å²) in [7, 11) is -4.41. The van der Waals surface area contributed by atoms with Gasteiger partial charge in [-0.2, -0.15) is 13.2 Å². The van der Waals surface area contributed by atoms with E-state index in [2.05, 4.69) is 20.5 Å². The molecule has 0 radical (unpaired) electrons. The number of carbonyl (C=O) groups is 1. The highest BCUT2D eigenvalue weighted by Crippen LogP contribution is 2.38. The number of sulfonamides is 1. The number of nitrogens with two attached hydrogens (primary N) is 1. The summed E-state index contributed by atoms with van der Waals surface area (Å²) in [4.78, 5) is 11.2. The summed E-state index contributed by atoms with van der Waals surface area (Å²) in [6.45, 7) is 0.214. The van der Waals surface area contributed by atoms with E-state index in [1.54, 1.807) is 6.08 Å². The Morgan fingerprint density at radius 3 is 2.51 bits per heavy atom. The van der Waals surface area contributed by atoms with Crippen LogP contribution in [0.5, 0.6) is 5.75 Å². The lowest BCUT2D eigenvalue weighted by atomic mass is 9.99. The minimum Gasteiger partial charge on any atom is -0.418 e. The van der Waals surface area contributed by atoms with Crippen molar-refractivity contribution in [3.63, 3.8) is 0 Å². The van der Waals surface area contributed by atoms with E-state index in [0.29, 0.717) is 5.56 Å². The summed E-state index contributed by atoms with van der Waals surface area (Å²) < 4.78 is 86.5. The van der Waals surface area contributed by atoms with Crippen LogP contribution < -0.4 is 20.5 Å². The molecule has 3 aromatic rings. The van der Waals surface area contributed by atoms with Gasteiger partial charge in [0.2, 0.25) is 0 Å². The third-order valence-corrected chi connectivity index (χ3v) is 7.03. The zero-order valence-corrected chi connectivity index (χ0v) is 20.1. The first-order valence-electron chi connectivity index (χ1n) is 10.4. The molecular weight excluding hydrogens is 538 g/mol. The topological polar surface area (TPSA) is 111 Å². The molecule has 0 bridgehead atoms. The van der Waals surface area contributed by atoms with Crippen molar-refractivity contribution in [3.8, 4) is 16.9 Å². The van der Waals surface area contributed by atoms with E-state index in [-0.39, 0.29) is 39.0 Å². The summed E-state index contributed by atoms with van der Waals surface area (Å²) in [5, 5.41) is 2.68. The van der Waals surface area contributed by atoms with Crippen LogP contribution in [0.25, 0.3) is 16.8 Å². The minimum absolute atomic E-state index is 0.00692. The maximum absolute atomic E-state index is 15.4. The van der Waals surface area contributed by atoms with Crippen LogP contribution in [0.3, 0.4) is 0 Å². The lowest BCUT2D eigenvalue weighted by Gasteiger charge is -2.17. The van der Waals surface area contributed by atoms with Gasteiger partial charge in [0.25, 0.3) is 10.0 Å². The second-order valence-electron chi connectivity index (χ2n) is 7.63. The number of hydrogen-bond acceptors (Lipinski definition) is 6. The molecule has 192 valence electrons. The second kappa shape index (κ2) is 9.81. The van der Waals surface area contributed by atoms with Crippen molar-refractivity contribution in [1.82, 2.24) is 0 Å². The molecular formula is C24H16ClF4N3O4S. The zero-order valence-electron chi connectivity index (χ0n) is 18.5. The average molecular weight is 554 g/mol. The van der Waals surface area contributed by atoms with Crippen LogP contribution in [-0.4, -0.2) is 27.1 Å². The van der Waals surface area contributed by atoms with Crippen molar-refractivity contribution in [3.05, 3.63) is 82.8 Å². The number of fused-ring (bicyclic) bond motifs is 1. The first kappa shape index (κ1) is 26.1. The van der Waals surface area contributed by atoms with Crippen molar-refractivity contribution < 1.29 is 35.5 Å². The van der Waals surface area contributed by atoms with Crippen molar-refractivity contribution >= 4 is 44.7 Å². The van der Waals surface area contributed by atoms with Gasteiger partial charge < -0.3 is 15.8 Å². The summed E-state index contributed by atoms with van der Waals surface area (Å²) in [5.74, 6) is -4.19. The van der Waals surface area contributed by atoms with E-state index in [4.69, 9.17) is 17.3 Å². The van der Waals surface area contributed by atoms with Gasteiger partial charge in [0, 0.05) is 17.7 Å². The van der Waals surface area contributed by atoms with Crippen molar-refractivity contribution in [2.75, 3.05) is 16.6 Å². The van der Waals surface area contributed by atoms with Crippen molar-refractivity contribution in [2.45, 2.75) is 11.1 Å². The van der Waals surface area contributed by atoms with E-state index < -0.39 is 39.4 Å². The highest BCUT2D eigenvalue weighted by Gasteiger charge is 2.42. The van der Waals surface area contributed by atoms with E-state index in [1.165, 1.54) is 42.5 Å². The molecule has 3 aromatic carbocycles. The number of rotatable bonds is 5. The molecule has 0 fully saturated rings. The molecule has 0 saturated carbocycles. The summed E-state index contributed by atoms with van der Waals surface area (Å²) in [5.41, 5.74) is 8.61. The van der Waals surface area contributed by atoms with Gasteiger partial charge in [-0.25, -0.2) is 17.6 Å². The Morgan fingerprint density at radius 2 is 1.81 bits per heavy atom. The third-order valence-electron chi connectivity index (χ3n) is 5.17.